The average Bonchev–Trinajstić information content (AvgIpc) is 3.50. The molecule has 3 aliphatic heterocycles. The highest BCUT2D eigenvalue weighted by Gasteiger charge is 2.35. The summed E-state index contributed by atoms with van der Waals surface area (Å²) < 4.78 is 16.1. The number of methoxy groups -OCH3 is 1. The van der Waals surface area contributed by atoms with Crippen LogP contribution < -0.4 is 19.5 Å². The zero-order chi connectivity index (χ0) is 26.2. The third kappa shape index (κ3) is 4.35. The van der Waals surface area contributed by atoms with Crippen molar-refractivity contribution in [1.82, 2.24) is 15.2 Å². The molecular formula is C28H27N5O5. The predicted octanol–water partition coefficient (Wildman–Crippen LogP) is 4.20. The molecule has 1 fully saturated rings. The van der Waals surface area contributed by atoms with E-state index in [-0.39, 0.29) is 24.3 Å². The zero-order valence-corrected chi connectivity index (χ0v) is 21.0. The molecule has 1 N–H and O–H groups in total. The number of rotatable bonds is 8. The number of pyridine rings is 1. The second-order valence-corrected chi connectivity index (χ2v) is 9.80. The Bertz CT molecular complexity index is 1500. The number of ether oxygens (including phenoxy) is 3. The number of nitro benzene ring substituents is 1. The van der Waals surface area contributed by atoms with Crippen molar-refractivity contribution in [2.75, 3.05) is 20.4 Å². The van der Waals surface area contributed by atoms with Gasteiger partial charge in [0.25, 0.3) is 0 Å². The standard InChI is InChI=1S/C28H27N5O5/c1-36-22-4-5-25-24(12-22)23(18(13-29)15-31-25)6-7-32-20-2-3-21(32)11-19(10-20)30-14-17-8-26(33(34)35)28-27(9-17)37-16-38-28/h2,4-5,8-9,12,15,19,21,30H,3,6-7,10-11,14,16H2,1H3/t19?,21-/m0/s1. The predicted molar refractivity (Wildman–Crippen MR) is 139 cm³/mol. The number of nitriles is 1. The molecule has 1 aromatic heterocycles. The van der Waals surface area contributed by atoms with E-state index in [2.05, 4.69) is 27.3 Å². The van der Waals surface area contributed by atoms with Crippen LogP contribution in [-0.2, 0) is 13.0 Å². The molecule has 0 saturated carbocycles. The maximum Gasteiger partial charge on any atom is 0.315 e. The highest BCUT2D eigenvalue weighted by molar-refractivity contribution is 5.85. The monoisotopic (exact) mass is 513 g/mol. The fourth-order valence-corrected chi connectivity index (χ4v) is 5.82. The molecule has 0 spiro atoms. The summed E-state index contributed by atoms with van der Waals surface area (Å²) in [6.45, 7) is 1.33. The van der Waals surface area contributed by atoms with Gasteiger partial charge in [0.05, 0.1) is 23.1 Å². The molecule has 1 unspecified atom stereocenters. The number of nitro groups is 1. The maximum atomic E-state index is 11.5. The summed E-state index contributed by atoms with van der Waals surface area (Å²) in [7, 11) is 1.64. The van der Waals surface area contributed by atoms with Gasteiger partial charge in [-0.05, 0) is 54.7 Å². The molecule has 10 heteroatoms. The van der Waals surface area contributed by atoms with Gasteiger partial charge in [-0.25, -0.2) is 0 Å². The quantitative estimate of drug-likeness (QED) is 0.349. The summed E-state index contributed by atoms with van der Waals surface area (Å²) >= 11 is 0. The van der Waals surface area contributed by atoms with Crippen molar-refractivity contribution in [3.8, 4) is 23.3 Å². The minimum atomic E-state index is -0.430. The number of fused-ring (bicyclic) bond motifs is 4. The van der Waals surface area contributed by atoms with Crippen LogP contribution in [0, 0.1) is 21.4 Å². The number of hydrogen-bond acceptors (Lipinski definition) is 9. The molecule has 2 atom stereocenters. The van der Waals surface area contributed by atoms with Gasteiger partial charge >= 0.3 is 5.69 Å². The molecule has 4 heterocycles. The highest BCUT2D eigenvalue weighted by Crippen LogP contribution is 2.42. The van der Waals surface area contributed by atoms with Crippen molar-refractivity contribution >= 4 is 16.6 Å². The van der Waals surface area contributed by atoms with Crippen molar-refractivity contribution in [3.63, 3.8) is 0 Å². The first-order valence-corrected chi connectivity index (χ1v) is 12.7. The van der Waals surface area contributed by atoms with Crippen LogP contribution in [0.2, 0.25) is 0 Å². The summed E-state index contributed by atoms with van der Waals surface area (Å²) in [4.78, 5) is 18.0. The maximum absolute atomic E-state index is 11.5. The van der Waals surface area contributed by atoms with Gasteiger partial charge in [-0.2, -0.15) is 5.26 Å². The van der Waals surface area contributed by atoms with Gasteiger partial charge in [0.15, 0.2) is 5.75 Å². The van der Waals surface area contributed by atoms with Crippen molar-refractivity contribution in [2.45, 2.75) is 44.3 Å². The molecular weight excluding hydrogens is 486 g/mol. The van der Waals surface area contributed by atoms with E-state index in [1.54, 1.807) is 19.4 Å². The molecule has 3 aliphatic rings. The van der Waals surface area contributed by atoms with Gasteiger partial charge in [-0.15, -0.1) is 0 Å². The van der Waals surface area contributed by atoms with E-state index in [9.17, 15) is 15.4 Å². The fraction of sp³-hybridized carbons (Fsp3) is 0.357. The smallest absolute Gasteiger partial charge is 0.315 e. The Kier molecular flexibility index (Phi) is 6.21. The Morgan fingerprint density at radius 1 is 1.32 bits per heavy atom. The molecule has 10 nitrogen and oxygen atoms in total. The van der Waals surface area contributed by atoms with Crippen LogP contribution in [0.1, 0.15) is 36.0 Å². The first-order chi connectivity index (χ1) is 18.5. The van der Waals surface area contributed by atoms with Crippen molar-refractivity contribution in [3.05, 3.63) is 75.1 Å². The highest BCUT2D eigenvalue weighted by atomic mass is 16.7. The molecule has 3 aromatic rings. The lowest BCUT2D eigenvalue weighted by Gasteiger charge is -2.39. The average molecular weight is 514 g/mol. The third-order valence-electron chi connectivity index (χ3n) is 7.66. The summed E-state index contributed by atoms with van der Waals surface area (Å²) in [6.07, 6.45) is 7.58. The van der Waals surface area contributed by atoms with Crippen LogP contribution in [0.15, 0.2) is 48.3 Å². The minimum Gasteiger partial charge on any atom is -0.497 e. The van der Waals surface area contributed by atoms with Crippen molar-refractivity contribution in [2.24, 2.45) is 0 Å². The van der Waals surface area contributed by atoms with Gasteiger partial charge in [0.2, 0.25) is 12.5 Å². The van der Waals surface area contributed by atoms with Gasteiger partial charge in [0.1, 0.15) is 11.8 Å². The van der Waals surface area contributed by atoms with E-state index < -0.39 is 4.92 Å². The summed E-state index contributed by atoms with van der Waals surface area (Å²) in [5, 5.41) is 25.8. The molecule has 0 amide bonds. The first-order valence-electron chi connectivity index (χ1n) is 12.7. The summed E-state index contributed by atoms with van der Waals surface area (Å²) in [6, 6.07) is 12.1. The Hall–Kier alpha value is -4.36. The number of benzene rings is 2. The lowest BCUT2D eigenvalue weighted by Crippen LogP contribution is -2.44. The Labute approximate surface area is 219 Å². The van der Waals surface area contributed by atoms with E-state index >= 15 is 0 Å². The Morgan fingerprint density at radius 2 is 2.21 bits per heavy atom. The molecule has 194 valence electrons. The summed E-state index contributed by atoms with van der Waals surface area (Å²) in [5.74, 6) is 1.37. The molecule has 2 aromatic carbocycles. The van der Waals surface area contributed by atoms with Crippen molar-refractivity contribution < 1.29 is 19.1 Å². The first kappa shape index (κ1) is 24.0. The van der Waals surface area contributed by atoms with Crippen LogP contribution in [0.25, 0.3) is 10.9 Å². The van der Waals surface area contributed by atoms with Crippen LogP contribution in [0.5, 0.6) is 17.2 Å². The van der Waals surface area contributed by atoms with Crippen LogP contribution in [-0.4, -0.2) is 47.3 Å². The van der Waals surface area contributed by atoms with Gasteiger partial charge in [-0.1, -0.05) is 6.08 Å². The normalized spacial score (nSPS) is 19.4. The number of hydrogen-bond donors (Lipinski definition) is 1. The third-order valence-corrected chi connectivity index (χ3v) is 7.66. The Morgan fingerprint density at radius 3 is 3.00 bits per heavy atom. The largest absolute Gasteiger partial charge is 0.497 e. The van der Waals surface area contributed by atoms with E-state index in [0.29, 0.717) is 23.9 Å². The van der Waals surface area contributed by atoms with Gasteiger partial charge in [0, 0.05) is 54.9 Å². The number of piperidine rings is 1. The molecule has 0 aliphatic carbocycles. The molecule has 6 rings (SSSR count). The van der Waals surface area contributed by atoms with Crippen LogP contribution in [0.4, 0.5) is 5.69 Å². The van der Waals surface area contributed by atoms with E-state index in [4.69, 9.17) is 14.2 Å². The lowest BCUT2D eigenvalue weighted by molar-refractivity contribution is -0.385. The number of aromatic nitrogens is 1. The molecule has 38 heavy (non-hydrogen) atoms. The fourth-order valence-electron chi connectivity index (χ4n) is 5.82. The SMILES string of the molecule is COc1ccc2ncc(C#N)c(CCN3C4=CC[C@H]3CC(NCc3cc5c(c([N+](=O)[O-])c3)OCO5)C4)c2c1. The summed E-state index contributed by atoms with van der Waals surface area (Å²) in [5.41, 5.74) is 4.50. The van der Waals surface area contributed by atoms with E-state index in [1.165, 1.54) is 5.70 Å². The van der Waals surface area contributed by atoms with Crippen molar-refractivity contribution in [1.29, 1.82) is 5.26 Å². The minimum absolute atomic E-state index is 0.0000411. The molecule has 0 radical (unpaired) electrons. The molecule has 2 bridgehead atoms. The van der Waals surface area contributed by atoms with Crippen LogP contribution in [0.3, 0.4) is 0 Å². The Balaban J connectivity index is 1.13. The number of nitrogens with one attached hydrogen (secondary N) is 1. The zero-order valence-electron chi connectivity index (χ0n) is 21.0. The van der Waals surface area contributed by atoms with E-state index in [0.717, 1.165) is 60.0 Å². The molecule has 1 saturated heterocycles. The van der Waals surface area contributed by atoms with Gasteiger partial charge in [-0.3, -0.25) is 15.1 Å². The topological polar surface area (TPSA) is 123 Å². The van der Waals surface area contributed by atoms with E-state index in [1.807, 2.05) is 24.3 Å². The lowest BCUT2D eigenvalue weighted by atomic mass is 9.96. The van der Waals surface area contributed by atoms with Gasteiger partial charge < -0.3 is 24.4 Å². The van der Waals surface area contributed by atoms with Crippen LogP contribution >= 0.6 is 0 Å². The second-order valence-electron chi connectivity index (χ2n) is 9.80. The second kappa shape index (κ2) is 9.84. The number of nitrogens with zero attached hydrogens (tertiary/aromatic N) is 4.